The van der Waals surface area contributed by atoms with Crippen molar-refractivity contribution < 1.29 is 4.74 Å². The first-order chi connectivity index (χ1) is 10.2. The Balaban J connectivity index is 1.53. The largest absolute Gasteiger partial charge is 0.488 e. The van der Waals surface area contributed by atoms with E-state index in [1.54, 1.807) is 0 Å². The van der Waals surface area contributed by atoms with Crippen molar-refractivity contribution in [1.82, 2.24) is 10.2 Å². The first kappa shape index (κ1) is 15.3. The minimum atomic E-state index is 0.316. The summed E-state index contributed by atoms with van der Waals surface area (Å²) < 4.78 is 7.25. The van der Waals surface area contributed by atoms with Crippen LogP contribution in [0.15, 0.2) is 22.7 Å². The Hall–Kier alpha value is -0.580. The average Bonchev–Trinajstić information content (AvgIpc) is 2.89. The maximum absolute atomic E-state index is 6.11. The highest BCUT2D eigenvalue weighted by Crippen LogP contribution is 2.31. The van der Waals surface area contributed by atoms with Crippen LogP contribution in [0.4, 0.5) is 0 Å². The van der Waals surface area contributed by atoms with Crippen molar-refractivity contribution in [1.29, 1.82) is 0 Å². The van der Waals surface area contributed by atoms with Gasteiger partial charge in [0, 0.05) is 24.0 Å². The number of likely N-dealkylation sites (N-methyl/N-ethyl adjacent to an activating group) is 1. The minimum absolute atomic E-state index is 0.316. The fourth-order valence-electron chi connectivity index (χ4n) is 3.44. The van der Waals surface area contributed by atoms with Crippen LogP contribution in [0, 0.1) is 5.92 Å². The van der Waals surface area contributed by atoms with Crippen LogP contribution in [0.2, 0.25) is 0 Å². The summed E-state index contributed by atoms with van der Waals surface area (Å²) in [6.45, 7) is 8.01. The van der Waals surface area contributed by atoms with Gasteiger partial charge in [-0.05, 0) is 62.2 Å². The summed E-state index contributed by atoms with van der Waals surface area (Å²) in [4.78, 5) is 2.57. The third-order valence-corrected chi connectivity index (χ3v) is 5.14. The van der Waals surface area contributed by atoms with Gasteiger partial charge in [-0.2, -0.15) is 0 Å². The van der Waals surface area contributed by atoms with Crippen LogP contribution in [-0.4, -0.2) is 43.7 Å². The molecule has 0 radical (unpaired) electrons. The second-order valence-corrected chi connectivity index (χ2v) is 7.16. The summed E-state index contributed by atoms with van der Waals surface area (Å²) in [6.07, 6.45) is 3.98. The molecule has 116 valence electrons. The molecular weight excluding hydrogens is 328 g/mol. The highest BCUT2D eigenvalue weighted by atomic mass is 79.9. The van der Waals surface area contributed by atoms with E-state index in [2.05, 4.69) is 51.3 Å². The van der Waals surface area contributed by atoms with E-state index in [9.17, 15) is 0 Å². The number of nitrogens with one attached hydrogen (secondary N) is 1. The molecule has 2 aliphatic rings. The molecule has 1 unspecified atom stereocenters. The Labute approximate surface area is 136 Å². The Bertz CT molecular complexity index is 474. The number of piperidine rings is 1. The van der Waals surface area contributed by atoms with Crippen molar-refractivity contribution in [2.75, 3.05) is 32.7 Å². The van der Waals surface area contributed by atoms with E-state index in [4.69, 9.17) is 4.74 Å². The lowest BCUT2D eigenvalue weighted by molar-refractivity contribution is 0.133. The summed E-state index contributed by atoms with van der Waals surface area (Å²) in [5.41, 5.74) is 1.34. The quantitative estimate of drug-likeness (QED) is 0.881. The fraction of sp³-hybridized carbons (Fsp3) is 0.647. The van der Waals surface area contributed by atoms with Crippen LogP contribution in [0.25, 0.3) is 0 Å². The van der Waals surface area contributed by atoms with Crippen molar-refractivity contribution in [3.63, 3.8) is 0 Å². The topological polar surface area (TPSA) is 24.5 Å². The average molecular weight is 353 g/mol. The molecule has 2 aliphatic heterocycles. The zero-order chi connectivity index (χ0) is 14.7. The third kappa shape index (κ3) is 3.99. The van der Waals surface area contributed by atoms with E-state index in [0.717, 1.165) is 35.7 Å². The van der Waals surface area contributed by atoms with Crippen LogP contribution in [0.1, 0.15) is 25.3 Å². The number of hydrogen-bond donors (Lipinski definition) is 1. The SMILES string of the molecule is CCN(CC1CCNCC1)CC1Cc2cc(Br)ccc2O1. The van der Waals surface area contributed by atoms with Gasteiger partial charge in [0.2, 0.25) is 0 Å². The van der Waals surface area contributed by atoms with Gasteiger partial charge in [-0.3, -0.25) is 4.90 Å². The lowest BCUT2D eigenvalue weighted by Crippen LogP contribution is -2.40. The molecular formula is C17H25BrN2O. The Morgan fingerprint density at radius 1 is 1.29 bits per heavy atom. The summed E-state index contributed by atoms with van der Waals surface area (Å²) >= 11 is 3.54. The van der Waals surface area contributed by atoms with Crippen LogP contribution >= 0.6 is 15.9 Å². The molecule has 0 bridgehead atoms. The predicted octanol–water partition coefficient (Wildman–Crippen LogP) is 3.07. The molecule has 1 aromatic rings. The van der Waals surface area contributed by atoms with Gasteiger partial charge >= 0.3 is 0 Å². The zero-order valence-corrected chi connectivity index (χ0v) is 14.4. The van der Waals surface area contributed by atoms with Gasteiger partial charge in [0.25, 0.3) is 0 Å². The van der Waals surface area contributed by atoms with Gasteiger partial charge in [0.1, 0.15) is 11.9 Å². The molecule has 1 atom stereocenters. The smallest absolute Gasteiger partial charge is 0.123 e. The minimum Gasteiger partial charge on any atom is -0.488 e. The van der Waals surface area contributed by atoms with Crippen LogP contribution < -0.4 is 10.1 Å². The van der Waals surface area contributed by atoms with Crippen molar-refractivity contribution in [3.8, 4) is 5.75 Å². The molecule has 0 saturated carbocycles. The maximum atomic E-state index is 6.11. The number of ether oxygens (including phenoxy) is 1. The molecule has 3 rings (SSSR count). The molecule has 1 aromatic carbocycles. The van der Waals surface area contributed by atoms with Crippen molar-refractivity contribution in [3.05, 3.63) is 28.2 Å². The van der Waals surface area contributed by atoms with Gasteiger partial charge in [0.15, 0.2) is 0 Å². The molecule has 0 amide bonds. The lowest BCUT2D eigenvalue weighted by Gasteiger charge is -2.30. The number of rotatable bonds is 5. The highest BCUT2D eigenvalue weighted by molar-refractivity contribution is 9.10. The van der Waals surface area contributed by atoms with E-state index in [-0.39, 0.29) is 0 Å². The number of hydrogen-bond acceptors (Lipinski definition) is 3. The molecule has 0 spiro atoms. The van der Waals surface area contributed by atoms with Crippen molar-refractivity contribution in [2.24, 2.45) is 5.92 Å². The lowest BCUT2D eigenvalue weighted by atomic mass is 9.97. The standard InChI is InChI=1S/C17H25BrN2O/c1-2-20(11-13-5-7-19-8-6-13)12-16-10-14-9-15(18)3-4-17(14)21-16/h3-4,9,13,16,19H,2,5-8,10-12H2,1H3. The summed E-state index contributed by atoms with van der Waals surface area (Å²) in [7, 11) is 0. The number of fused-ring (bicyclic) bond motifs is 1. The number of benzene rings is 1. The van der Waals surface area contributed by atoms with Gasteiger partial charge in [-0.15, -0.1) is 0 Å². The maximum Gasteiger partial charge on any atom is 0.123 e. The normalized spacial score (nSPS) is 22.3. The van der Waals surface area contributed by atoms with Crippen LogP contribution in [-0.2, 0) is 6.42 Å². The van der Waals surface area contributed by atoms with Crippen molar-refractivity contribution >= 4 is 15.9 Å². The van der Waals surface area contributed by atoms with Gasteiger partial charge in [0.05, 0.1) is 0 Å². The van der Waals surface area contributed by atoms with E-state index >= 15 is 0 Å². The molecule has 1 saturated heterocycles. The zero-order valence-electron chi connectivity index (χ0n) is 12.8. The molecule has 2 heterocycles. The summed E-state index contributed by atoms with van der Waals surface area (Å²) in [5, 5.41) is 3.45. The van der Waals surface area contributed by atoms with Crippen molar-refractivity contribution in [2.45, 2.75) is 32.3 Å². The second kappa shape index (κ2) is 7.12. The molecule has 0 aromatic heterocycles. The Kier molecular flexibility index (Phi) is 5.19. The highest BCUT2D eigenvalue weighted by Gasteiger charge is 2.26. The summed E-state index contributed by atoms with van der Waals surface area (Å²) in [6, 6.07) is 6.34. The van der Waals surface area contributed by atoms with Gasteiger partial charge < -0.3 is 10.1 Å². The third-order valence-electron chi connectivity index (χ3n) is 4.65. The molecule has 1 N–H and O–H groups in total. The molecule has 3 nitrogen and oxygen atoms in total. The van der Waals surface area contributed by atoms with Crippen LogP contribution in [0.3, 0.4) is 0 Å². The van der Waals surface area contributed by atoms with Gasteiger partial charge in [-0.1, -0.05) is 22.9 Å². The Morgan fingerprint density at radius 3 is 2.86 bits per heavy atom. The fourth-order valence-corrected chi connectivity index (χ4v) is 3.85. The van der Waals surface area contributed by atoms with Gasteiger partial charge in [-0.25, -0.2) is 0 Å². The first-order valence-corrected chi connectivity index (χ1v) is 8.92. The first-order valence-electron chi connectivity index (χ1n) is 8.12. The second-order valence-electron chi connectivity index (χ2n) is 6.24. The molecule has 1 fully saturated rings. The molecule has 21 heavy (non-hydrogen) atoms. The van der Waals surface area contributed by atoms with E-state index in [0.29, 0.717) is 6.10 Å². The number of halogens is 1. The van der Waals surface area contributed by atoms with E-state index in [1.165, 1.54) is 38.0 Å². The molecule has 4 heteroatoms. The van der Waals surface area contributed by atoms with E-state index in [1.807, 2.05) is 0 Å². The monoisotopic (exact) mass is 352 g/mol. The van der Waals surface area contributed by atoms with E-state index < -0.39 is 0 Å². The molecule has 0 aliphatic carbocycles. The van der Waals surface area contributed by atoms with Crippen LogP contribution in [0.5, 0.6) is 5.75 Å². The summed E-state index contributed by atoms with van der Waals surface area (Å²) in [5.74, 6) is 1.92. The predicted molar refractivity (Wildman–Crippen MR) is 90.0 cm³/mol. The Morgan fingerprint density at radius 2 is 2.10 bits per heavy atom. The number of nitrogens with zero attached hydrogens (tertiary/aromatic N) is 1.